The zero-order chi connectivity index (χ0) is 13.1. The molecule has 3 nitrogen and oxygen atoms in total. The first-order valence-electron chi connectivity index (χ1n) is 6.03. The van der Waals surface area contributed by atoms with Gasteiger partial charge in [-0.1, -0.05) is 29.9 Å². The van der Waals surface area contributed by atoms with Gasteiger partial charge in [0, 0.05) is 24.8 Å². The molecular weight excluding hydrogens is 268 g/mol. The molecule has 2 atom stereocenters. The standard InChI is InChI=1S/C13H17ClN2OS/c1-8-9(5-6-17-8)7-16-11-4-2-3-10(14)12(11)13(15)18/h2-4,8-9,16H,5-7H2,1H3,(H2,15,18). The van der Waals surface area contributed by atoms with Crippen molar-refractivity contribution in [3.63, 3.8) is 0 Å². The molecule has 18 heavy (non-hydrogen) atoms. The Bertz CT molecular complexity index is 453. The van der Waals surface area contributed by atoms with Crippen molar-refractivity contribution < 1.29 is 4.74 Å². The molecule has 2 unspecified atom stereocenters. The van der Waals surface area contributed by atoms with Crippen LogP contribution < -0.4 is 11.1 Å². The van der Waals surface area contributed by atoms with Crippen molar-refractivity contribution >= 4 is 34.5 Å². The van der Waals surface area contributed by atoms with Gasteiger partial charge in [-0.25, -0.2) is 0 Å². The summed E-state index contributed by atoms with van der Waals surface area (Å²) in [6.07, 6.45) is 1.38. The minimum Gasteiger partial charge on any atom is -0.389 e. The van der Waals surface area contributed by atoms with E-state index in [1.54, 1.807) is 6.07 Å². The van der Waals surface area contributed by atoms with Crippen molar-refractivity contribution in [1.29, 1.82) is 0 Å². The minimum absolute atomic E-state index is 0.296. The molecule has 1 heterocycles. The van der Waals surface area contributed by atoms with Gasteiger partial charge in [0.25, 0.3) is 0 Å². The first-order valence-corrected chi connectivity index (χ1v) is 6.82. The number of nitrogens with one attached hydrogen (secondary N) is 1. The lowest BCUT2D eigenvalue weighted by Crippen LogP contribution is -2.22. The summed E-state index contributed by atoms with van der Waals surface area (Å²) < 4.78 is 5.54. The summed E-state index contributed by atoms with van der Waals surface area (Å²) in [5.41, 5.74) is 7.33. The normalized spacial score (nSPS) is 23.0. The quantitative estimate of drug-likeness (QED) is 0.835. The van der Waals surface area contributed by atoms with Gasteiger partial charge in [-0.05, 0) is 25.5 Å². The average molecular weight is 285 g/mol. The van der Waals surface area contributed by atoms with Crippen molar-refractivity contribution in [2.75, 3.05) is 18.5 Å². The molecule has 0 saturated carbocycles. The highest BCUT2D eigenvalue weighted by Gasteiger charge is 2.24. The number of benzene rings is 1. The van der Waals surface area contributed by atoms with Crippen molar-refractivity contribution in [3.05, 3.63) is 28.8 Å². The van der Waals surface area contributed by atoms with Crippen LogP contribution in [0.1, 0.15) is 18.9 Å². The summed E-state index contributed by atoms with van der Waals surface area (Å²) in [6.45, 7) is 3.79. The molecular formula is C13H17ClN2OS. The fourth-order valence-corrected chi connectivity index (χ4v) is 2.76. The van der Waals surface area contributed by atoms with Crippen LogP contribution in [-0.2, 0) is 4.74 Å². The Kier molecular flexibility index (Phi) is 4.43. The molecule has 1 aliphatic rings. The van der Waals surface area contributed by atoms with Crippen molar-refractivity contribution in [2.45, 2.75) is 19.4 Å². The van der Waals surface area contributed by atoms with Crippen LogP contribution in [0.15, 0.2) is 18.2 Å². The van der Waals surface area contributed by atoms with E-state index in [0.29, 0.717) is 22.0 Å². The first kappa shape index (κ1) is 13.6. The van der Waals surface area contributed by atoms with Gasteiger partial charge in [0.05, 0.1) is 16.7 Å². The summed E-state index contributed by atoms with van der Waals surface area (Å²) in [4.78, 5) is 0.318. The summed E-state index contributed by atoms with van der Waals surface area (Å²) in [5, 5.41) is 3.96. The molecule has 5 heteroatoms. The fourth-order valence-electron chi connectivity index (χ4n) is 2.21. The Morgan fingerprint density at radius 3 is 3.00 bits per heavy atom. The number of halogens is 1. The van der Waals surface area contributed by atoms with Gasteiger partial charge in [0.1, 0.15) is 4.99 Å². The molecule has 0 aliphatic carbocycles. The highest BCUT2D eigenvalue weighted by atomic mass is 35.5. The van der Waals surface area contributed by atoms with Gasteiger partial charge in [-0.3, -0.25) is 0 Å². The van der Waals surface area contributed by atoms with Crippen LogP contribution in [0.25, 0.3) is 0 Å². The summed E-state index contributed by atoms with van der Waals surface area (Å²) in [5.74, 6) is 0.517. The molecule has 1 aliphatic heterocycles. The SMILES string of the molecule is CC1OCCC1CNc1cccc(Cl)c1C(N)=S. The maximum Gasteiger partial charge on any atom is 0.107 e. The van der Waals surface area contributed by atoms with Crippen LogP contribution in [0.5, 0.6) is 0 Å². The number of nitrogens with two attached hydrogens (primary N) is 1. The van der Waals surface area contributed by atoms with E-state index in [4.69, 9.17) is 34.3 Å². The first-order chi connectivity index (χ1) is 8.59. The second-order valence-corrected chi connectivity index (χ2v) is 5.38. The third kappa shape index (κ3) is 2.94. The van der Waals surface area contributed by atoms with E-state index in [2.05, 4.69) is 12.2 Å². The van der Waals surface area contributed by atoms with E-state index >= 15 is 0 Å². The molecule has 2 rings (SSSR count). The van der Waals surface area contributed by atoms with Gasteiger partial charge in [0.2, 0.25) is 0 Å². The molecule has 1 fully saturated rings. The zero-order valence-electron chi connectivity index (χ0n) is 10.3. The van der Waals surface area contributed by atoms with E-state index in [9.17, 15) is 0 Å². The molecule has 0 amide bonds. The van der Waals surface area contributed by atoms with Crippen molar-refractivity contribution in [1.82, 2.24) is 0 Å². The van der Waals surface area contributed by atoms with Crippen LogP contribution in [-0.4, -0.2) is 24.2 Å². The number of rotatable bonds is 4. The van der Waals surface area contributed by atoms with Crippen molar-refractivity contribution in [3.8, 4) is 0 Å². The van der Waals surface area contributed by atoms with Crippen LogP contribution in [0.2, 0.25) is 5.02 Å². The molecule has 98 valence electrons. The smallest absolute Gasteiger partial charge is 0.107 e. The second kappa shape index (κ2) is 5.87. The predicted octanol–water partition coefficient (Wildman–Crippen LogP) is 2.81. The average Bonchev–Trinajstić information content (AvgIpc) is 2.71. The van der Waals surface area contributed by atoms with E-state index in [-0.39, 0.29) is 0 Å². The number of anilines is 1. The number of hydrogen-bond acceptors (Lipinski definition) is 3. The molecule has 0 spiro atoms. The van der Waals surface area contributed by atoms with Crippen LogP contribution in [0, 0.1) is 5.92 Å². The lowest BCUT2D eigenvalue weighted by molar-refractivity contribution is 0.108. The summed E-state index contributed by atoms with van der Waals surface area (Å²) in [6, 6.07) is 5.63. The third-order valence-corrected chi connectivity index (χ3v) is 3.87. The van der Waals surface area contributed by atoms with Crippen LogP contribution >= 0.6 is 23.8 Å². The molecule has 3 N–H and O–H groups in total. The third-order valence-electron chi connectivity index (χ3n) is 3.35. The highest BCUT2D eigenvalue weighted by molar-refractivity contribution is 7.80. The minimum atomic E-state index is 0.296. The van der Waals surface area contributed by atoms with Gasteiger partial charge >= 0.3 is 0 Å². The number of thiocarbonyl (C=S) groups is 1. The second-order valence-electron chi connectivity index (χ2n) is 4.53. The van der Waals surface area contributed by atoms with E-state index in [0.717, 1.165) is 30.8 Å². The van der Waals surface area contributed by atoms with Gasteiger partial charge in [0.15, 0.2) is 0 Å². The predicted molar refractivity (Wildman–Crippen MR) is 79.4 cm³/mol. The van der Waals surface area contributed by atoms with Crippen molar-refractivity contribution in [2.24, 2.45) is 11.7 Å². The van der Waals surface area contributed by atoms with Crippen LogP contribution in [0.4, 0.5) is 5.69 Å². The molecule has 0 aromatic heterocycles. The van der Waals surface area contributed by atoms with Crippen LogP contribution in [0.3, 0.4) is 0 Å². The lowest BCUT2D eigenvalue weighted by Gasteiger charge is -2.18. The Morgan fingerprint density at radius 2 is 2.39 bits per heavy atom. The van der Waals surface area contributed by atoms with E-state index in [1.807, 2.05) is 12.1 Å². The fraction of sp³-hybridized carbons (Fsp3) is 0.462. The molecule has 1 saturated heterocycles. The maximum atomic E-state index is 6.12. The largest absolute Gasteiger partial charge is 0.389 e. The topological polar surface area (TPSA) is 47.3 Å². The molecule has 0 radical (unpaired) electrons. The Labute approximate surface area is 118 Å². The Morgan fingerprint density at radius 1 is 1.61 bits per heavy atom. The highest BCUT2D eigenvalue weighted by Crippen LogP contribution is 2.26. The van der Waals surface area contributed by atoms with Gasteiger partial charge in [-0.2, -0.15) is 0 Å². The maximum absolute atomic E-state index is 6.12. The summed E-state index contributed by atoms with van der Waals surface area (Å²) in [7, 11) is 0. The van der Waals surface area contributed by atoms with E-state index in [1.165, 1.54) is 0 Å². The number of hydrogen-bond donors (Lipinski definition) is 2. The van der Waals surface area contributed by atoms with Gasteiger partial charge < -0.3 is 15.8 Å². The lowest BCUT2D eigenvalue weighted by atomic mass is 10.0. The monoisotopic (exact) mass is 284 g/mol. The molecule has 1 aromatic carbocycles. The molecule has 1 aromatic rings. The van der Waals surface area contributed by atoms with E-state index < -0.39 is 0 Å². The zero-order valence-corrected chi connectivity index (χ0v) is 11.9. The van der Waals surface area contributed by atoms with Gasteiger partial charge in [-0.15, -0.1) is 0 Å². The summed E-state index contributed by atoms with van der Waals surface area (Å²) >= 11 is 11.2. The molecule has 0 bridgehead atoms. The Hall–Kier alpha value is -0.840. The number of ether oxygens (including phenoxy) is 1. The Balaban J connectivity index is 2.09.